The summed E-state index contributed by atoms with van der Waals surface area (Å²) in [5.41, 5.74) is 1.57. The van der Waals surface area contributed by atoms with Gasteiger partial charge in [-0.3, -0.25) is 4.98 Å². The lowest BCUT2D eigenvalue weighted by molar-refractivity contribution is 0.0191. The average Bonchev–Trinajstić information content (AvgIpc) is 3.36. The van der Waals surface area contributed by atoms with Crippen LogP contribution in [0, 0.1) is 29.6 Å². The molecule has 210 valence electrons. The van der Waals surface area contributed by atoms with Crippen LogP contribution in [-0.4, -0.2) is 37.9 Å². The molecule has 0 bridgehead atoms. The predicted molar refractivity (Wildman–Crippen MR) is 149 cm³/mol. The molecule has 1 unspecified atom stereocenters. The summed E-state index contributed by atoms with van der Waals surface area (Å²) >= 11 is 6.66. The summed E-state index contributed by atoms with van der Waals surface area (Å²) < 4.78 is 42.4. The standard InChI is InChI=1S/C28H30ClF3N8/c1-15-18(7-8-22(30)36-15)25(21-13-40(39-38-21)28(5,6)26(31)32)37-17-9-19-23(35-14-27(2,3)4)16(11-33)12-34-24(19)20(29)10-17/h7-10,12-13,25-26,37H,14H2,1-6H3,(H,34,35). The van der Waals surface area contributed by atoms with Crippen molar-refractivity contribution in [3.8, 4) is 6.07 Å². The fourth-order valence-electron chi connectivity index (χ4n) is 4.09. The van der Waals surface area contributed by atoms with Gasteiger partial charge >= 0.3 is 0 Å². The van der Waals surface area contributed by atoms with Gasteiger partial charge in [-0.1, -0.05) is 43.7 Å². The maximum absolute atomic E-state index is 13.9. The molecular formula is C28H30ClF3N8. The molecule has 0 spiro atoms. The van der Waals surface area contributed by atoms with Gasteiger partial charge in [0.2, 0.25) is 5.95 Å². The fourth-order valence-corrected chi connectivity index (χ4v) is 4.35. The topological polar surface area (TPSA) is 104 Å². The number of anilines is 2. The highest BCUT2D eigenvalue weighted by Gasteiger charge is 2.34. The Hall–Kier alpha value is -3.91. The third-order valence-electron chi connectivity index (χ3n) is 6.49. The number of pyridine rings is 2. The van der Waals surface area contributed by atoms with E-state index in [-0.39, 0.29) is 5.41 Å². The maximum Gasteiger partial charge on any atom is 0.262 e. The number of benzene rings is 1. The Labute approximate surface area is 235 Å². The molecule has 1 aromatic carbocycles. The molecule has 0 saturated carbocycles. The first kappa shape index (κ1) is 29.1. The van der Waals surface area contributed by atoms with E-state index in [2.05, 4.69) is 57.8 Å². The summed E-state index contributed by atoms with van der Waals surface area (Å²) in [7, 11) is 0. The molecule has 0 radical (unpaired) electrons. The molecule has 0 aliphatic heterocycles. The van der Waals surface area contributed by atoms with E-state index in [9.17, 15) is 18.4 Å². The van der Waals surface area contributed by atoms with Crippen LogP contribution in [-0.2, 0) is 5.54 Å². The SMILES string of the molecule is Cc1nc(F)ccc1C(Nc1cc(Cl)c2ncc(C#N)c(NCC(C)(C)C)c2c1)c1cn(C(C)(C)C(F)F)nn1. The summed E-state index contributed by atoms with van der Waals surface area (Å²) in [5, 5.41) is 25.6. The van der Waals surface area contributed by atoms with Crippen LogP contribution in [0.1, 0.15) is 63.2 Å². The molecule has 3 heterocycles. The Morgan fingerprint density at radius 3 is 2.50 bits per heavy atom. The van der Waals surface area contributed by atoms with Crippen molar-refractivity contribution >= 4 is 33.9 Å². The molecule has 4 rings (SSSR count). The molecule has 0 saturated heterocycles. The van der Waals surface area contributed by atoms with E-state index < -0.39 is 24.0 Å². The van der Waals surface area contributed by atoms with Gasteiger partial charge in [0, 0.05) is 35.1 Å². The molecule has 0 aliphatic carbocycles. The summed E-state index contributed by atoms with van der Waals surface area (Å²) in [4.78, 5) is 8.33. The number of hydrogen-bond acceptors (Lipinski definition) is 7. The van der Waals surface area contributed by atoms with E-state index in [0.29, 0.717) is 56.4 Å². The lowest BCUT2D eigenvalue weighted by Crippen LogP contribution is -2.34. The molecule has 0 aliphatic rings. The number of halogens is 4. The Morgan fingerprint density at radius 1 is 1.15 bits per heavy atom. The van der Waals surface area contributed by atoms with Gasteiger partial charge in [-0.15, -0.1) is 5.10 Å². The normalized spacial score (nSPS) is 12.9. The number of nitrogens with one attached hydrogen (secondary N) is 2. The van der Waals surface area contributed by atoms with Crippen molar-refractivity contribution in [3.05, 3.63) is 70.1 Å². The molecular weight excluding hydrogens is 541 g/mol. The molecule has 40 heavy (non-hydrogen) atoms. The van der Waals surface area contributed by atoms with Gasteiger partial charge in [0.05, 0.1) is 34.0 Å². The van der Waals surface area contributed by atoms with Crippen molar-refractivity contribution in [2.75, 3.05) is 17.2 Å². The Kier molecular flexibility index (Phi) is 7.94. The summed E-state index contributed by atoms with van der Waals surface area (Å²) in [6.45, 7) is 11.2. The Balaban J connectivity index is 1.85. The lowest BCUT2D eigenvalue weighted by atomic mass is 9.96. The Morgan fingerprint density at radius 2 is 1.88 bits per heavy atom. The molecule has 2 N–H and O–H groups in total. The second-order valence-corrected chi connectivity index (χ2v) is 11.8. The van der Waals surface area contributed by atoms with Crippen LogP contribution in [0.2, 0.25) is 5.02 Å². The molecule has 12 heteroatoms. The van der Waals surface area contributed by atoms with Crippen molar-refractivity contribution in [2.24, 2.45) is 5.41 Å². The molecule has 0 amide bonds. The minimum absolute atomic E-state index is 0.0714. The summed E-state index contributed by atoms with van der Waals surface area (Å²) in [6, 6.07) is 7.67. The summed E-state index contributed by atoms with van der Waals surface area (Å²) in [6.07, 6.45) is 0.218. The third-order valence-corrected chi connectivity index (χ3v) is 6.77. The highest BCUT2D eigenvalue weighted by molar-refractivity contribution is 6.35. The minimum atomic E-state index is -2.69. The van der Waals surface area contributed by atoms with E-state index in [1.54, 1.807) is 25.1 Å². The third kappa shape index (κ3) is 5.97. The molecule has 1 atom stereocenters. The van der Waals surface area contributed by atoms with Crippen LogP contribution >= 0.6 is 11.6 Å². The number of aromatic nitrogens is 5. The first-order valence-electron chi connectivity index (χ1n) is 12.6. The second kappa shape index (κ2) is 10.9. The average molecular weight is 571 g/mol. The fraction of sp³-hybridized carbons (Fsp3) is 0.393. The zero-order valence-electron chi connectivity index (χ0n) is 23.0. The number of alkyl halides is 2. The van der Waals surface area contributed by atoms with Gasteiger partial charge in [-0.2, -0.15) is 9.65 Å². The van der Waals surface area contributed by atoms with Gasteiger partial charge in [0.1, 0.15) is 17.3 Å². The van der Waals surface area contributed by atoms with Crippen molar-refractivity contribution < 1.29 is 13.2 Å². The van der Waals surface area contributed by atoms with E-state index in [4.69, 9.17) is 11.6 Å². The number of aryl methyl sites for hydroxylation is 1. The van der Waals surface area contributed by atoms with E-state index in [1.165, 1.54) is 32.3 Å². The zero-order valence-corrected chi connectivity index (χ0v) is 23.8. The second-order valence-electron chi connectivity index (χ2n) is 11.4. The van der Waals surface area contributed by atoms with E-state index in [1.807, 2.05) is 0 Å². The predicted octanol–water partition coefficient (Wildman–Crippen LogP) is 6.85. The van der Waals surface area contributed by atoms with Crippen molar-refractivity contribution in [2.45, 2.75) is 59.5 Å². The first-order valence-corrected chi connectivity index (χ1v) is 13.0. The first-order chi connectivity index (χ1) is 18.7. The largest absolute Gasteiger partial charge is 0.383 e. The van der Waals surface area contributed by atoms with Crippen LogP contribution in [0.25, 0.3) is 10.9 Å². The molecule has 8 nitrogen and oxygen atoms in total. The van der Waals surface area contributed by atoms with Gasteiger partial charge in [-0.05, 0) is 44.4 Å². The van der Waals surface area contributed by atoms with Gasteiger partial charge < -0.3 is 10.6 Å². The number of hydrogen-bond donors (Lipinski definition) is 2. The van der Waals surface area contributed by atoms with Crippen LogP contribution < -0.4 is 10.6 Å². The van der Waals surface area contributed by atoms with E-state index >= 15 is 0 Å². The molecule has 4 aromatic rings. The van der Waals surface area contributed by atoms with E-state index in [0.717, 1.165) is 4.68 Å². The quantitative estimate of drug-likeness (QED) is 0.223. The van der Waals surface area contributed by atoms with Crippen molar-refractivity contribution in [1.29, 1.82) is 5.26 Å². The lowest BCUT2D eigenvalue weighted by Gasteiger charge is -2.24. The van der Waals surface area contributed by atoms with Crippen LogP contribution in [0.15, 0.2) is 36.7 Å². The van der Waals surface area contributed by atoms with Gasteiger partial charge in [0.25, 0.3) is 6.43 Å². The molecule has 3 aromatic heterocycles. The van der Waals surface area contributed by atoms with Crippen LogP contribution in [0.3, 0.4) is 0 Å². The summed E-state index contributed by atoms with van der Waals surface area (Å²) in [5.74, 6) is -0.652. The monoisotopic (exact) mass is 570 g/mol. The Bertz CT molecular complexity index is 1590. The molecule has 0 fully saturated rings. The maximum atomic E-state index is 13.9. The van der Waals surface area contributed by atoms with Gasteiger partial charge in [0.15, 0.2) is 0 Å². The van der Waals surface area contributed by atoms with Crippen LogP contribution in [0.5, 0.6) is 0 Å². The zero-order chi connectivity index (χ0) is 29.4. The highest BCUT2D eigenvalue weighted by Crippen LogP contribution is 2.36. The smallest absolute Gasteiger partial charge is 0.262 e. The highest BCUT2D eigenvalue weighted by atomic mass is 35.5. The number of fused-ring (bicyclic) bond motifs is 1. The number of rotatable bonds is 8. The van der Waals surface area contributed by atoms with Crippen molar-refractivity contribution in [3.63, 3.8) is 0 Å². The number of nitrogens with zero attached hydrogens (tertiary/aromatic N) is 6. The van der Waals surface area contributed by atoms with Crippen molar-refractivity contribution in [1.82, 2.24) is 25.0 Å². The van der Waals surface area contributed by atoms with Gasteiger partial charge in [-0.25, -0.2) is 18.4 Å². The number of nitriles is 1. The van der Waals surface area contributed by atoms with Crippen LogP contribution in [0.4, 0.5) is 24.5 Å². The minimum Gasteiger partial charge on any atom is -0.383 e.